The van der Waals surface area contributed by atoms with Crippen LogP contribution >= 0.6 is 11.3 Å². The maximum atomic E-state index is 6.35. The summed E-state index contributed by atoms with van der Waals surface area (Å²) >= 11 is 1.61. The van der Waals surface area contributed by atoms with E-state index in [-0.39, 0.29) is 5.41 Å². The number of hydrogen-bond acceptors (Lipinski definition) is 4. The van der Waals surface area contributed by atoms with E-state index in [1.165, 1.54) is 0 Å². The maximum absolute atomic E-state index is 6.35. The number of anilines is 1. The summed E-state index contributed by atoms with van der Waals surface area (Å²) < 4.78 is 7.24. The first-order valence-electron chi connectivity index (χ1n) is 6.82. The summed E-state index contributed by atoms with van der Waals surface area (Å²) in [5.41, 5.74) is 9.40. The minimum Gasteiger partial charge on any atom is -0.497 e. The summed E-state index contributed by atoms with van der Waals surface area (Å²) in [4.78, 5) is 5.63. The van der Waals surface area contributed by atoms with Crippen LogP contribution in [-0.2, 0) is 5.41 Å². The third-order valence-corrected chi connectivity index (χ3v) is 4.32. The molecule has 3 rings (SSSR count). The molecule has 0 atom stereocenters. The number of rotatable bonds is 2. The molecule has 3 aromatic rings. The fraction of sp³-hybridized carbons (Fsp3) is 0.312. The summed E-state index contributed by atoms with van der Waals surface area (Å²) in [7, 11) is 1.67. The Balaban J connectivity index is 2.17. The predicted octanol–water partition coefficient (Wildman–Crippen LogP) is 3.95. The fourth-order valence-corrected chi connectivity index (χ4v) is 3.30. The predicted molar refractivity (Wildman–Crippen MR) is 88.2 cm³/mol. The number of imidazole rings is 1. The van der Waals surface area contributed by atoms with Gasteiger partial charge in [-0.15, -0.1) is 11.3 Å². The van der Waals surface area contributed by atoms with Crippen LogP contribution in [0.3, 0.4) is 0 Å². The smallest absolute Gasteiger partial charge is 0.196 e. The highest BCUT2D eigenvalue weighted by Crippen LogP contribution is 2.35. The molecule has 2 heterocycles. The molecule has 0 spiro atoms. The number of ether oxygens (including phenoxy) is 1. The lowest BCUT2D eigenvalue weighted by atomic mass is 9.92. The van der Waals surface area contributed by atoms with Crippen LogP contribution in [0.15, 0.2) is 29.6 Å². The minimum atomic E-state index is -0.0625. The first-order chi connectivity index (χ1) is 9.91. The van der Waals surface area contributed by atoms with Crippen molar-refractivity contribution in [1.82, 2.24) is 9.38 Å². The third-order valence-electron chi connectivity index (χ3n) is 3.50. The molecule has 0 aliphatic carbocycles. The van der Waals surface area contributed by atoms with Crippen molar-refractivity contribution in [1.29, 1.82) is 0 Å². The Bertz CT molecular complexity index is 778. The lowest BCUT2D eigenvalue weighted by Crippen LogP contribution is -2.14. The number of nitrogens with zero attached hydrogens (tertiary/aromatic N) is 2. The van der Waals surface area contributed by atoms with Gasteiger partial charge in [-0.05, 0) is 29.8 Å². The minimum absolute atomic E-state index is 0.0625. The second-order valence-corrected chi connectivity index (χ2v) is 6.90. The van der Waals surface area contributed by atoms with Gasteiger partial charge in [-0.1, -0.05) is 20.8 Å². The van der Waals surface area contributed by atoms with Crippen LogP contribution in [-0.4, -0.2) is 16.5 Å². The molecule has 5 heteroatoms. The Labute approximate surface area is 128 Å². The van der Waals surface area contributed by atoms with Crippen molar-refractivity contribution in [2.75, 3.05) is 12.8 Å². The van der Waals surface area contributed by atoms with E-state index in [1.807, 2.05) is 28.7 Å². The van der Waals surface area contributed by atoms with Crippen molar-refractivity contribution in [3.63, 3.8) is 0 Å². The van der Waals surface area contributed by atoms with Gasteiger partial charge in [0, 0.05) is 10.8 Å². The summed E-state index contributed by atoms with van der Waals surface area (Å²) in [5, 5.41) is 2.09. The molecule has 4 nitrogen and oxygen atoms in total. The zero-order valence-corrected chi connectivity index (χ0v) is 13.5. The van der Waals surface area contributed by atoms with Crippen LogP contribution in [0.4, 0.5) is 5.82 Å². The molecule has 0 unspecified atom stereocenters. The lowest BCUT2D eigenvalue weighted by molar-refractivity contribution is 0.415. The molecule has 2 N–H and O–H groups in total. The Hall–Kier alpha value is -2.01. The first-order valence-corrected chi connectivity index (χ1v) is 7.70. The molecule has 2 aromatic heterocycles. The van der Waals surface area contributed by atoms with Gasteiger partial charge in [0.25, 0.3) is 0 Å². The fourth-order valence-electron chi connectivity index (χ4n) is 2.40. The first kappa shape index (κ1) is 13.9. The summed E-state index contributed by atoms with van der Waals surface area (Å²) in [6, 6.07) is 7.99. The quantitative estimate of drug-likeness (QED) is 0.779. The molecule has 0 amide bonds. The number of thiazole rings is 1. The number of nitrogen functional groups attached to an aromatic ring is 1. The van der Waals surface area contributed by atoms with E-state index < -0.39 is 0 Å². The Morgan fingerprint density at radius 3 is 2.43 bits per heavy atom. The van der Waals surface area contributed by atoms with Gasteiger partial charge in [-0.3, -0.25) is 4.40 Å². The van der Waals surface area contributed by atoms with Gasteiger partial charge >= 0.3 is 0 Å². The van der Waals surface area contributed by atoms with Gasteiger partial charge in [0.1, 0.15) is 11.6 Å². The highest BCUT2D eigenvalue weighted by molar-refractivity contribution is 7.15. The zero-order chi connectivity index (χ0) is 15.2. The van der Waals surface area contributed by atoms with E-state index in [0.29, 0.717) is 0 Å². The van der Waals surface area contributed by atoms with Crippen molar-refractivity contribution in [3.05, 3.63) is 35.3 Å². The Kier molecular flexibility index (Phi) is 3.17. The van der Waals surface area contributed by atoms with E-state index in [4.69, 9.17) is 15.5 Å². The summed E-state index contributed by atoms with van der Waals surface area (Å²) in [5.74, 6) is 1.57. The summed E-state index contributed by atoms with van der Waals surface area (Å²) in [6.45, 7) is 6.38. The second kappa shape index (κ2) is 4.77. The molecule has 0 saturated carbocycles. The standard InChI is InChI=1S/C16H19N3OS/c1-16(2,3)13-14(17)19-12(9-21-15(19)18-13)10-5-7-11(20-4)8-6-10/h5-9H,17H2,1-4H3. The number of nitrogens with two attached hydrogens (primary N) is 1. The van der Waals surface area contributed by atoms with Gasteiger partial charge in [-0.25, -0.2) is 4.98 Å². The van der Waals surface area contributed by atoms with Crippen LogP contribution < -0.4 is 10.5 Å². The van der Waals surface area contributed by atoms with Crippen molar-refractivity contribution >= 4 is 22.1 Å². The van der Waals surface area contributed by atoms with Crippen molar-refractivity contribution in [2.45, 2.75) is 26.2 Å². The topological polar surface area (TPSA) is 52.5 Å². The highest BCUT2D eigenvalue weighted by Gasteiger charge is 2.24. The van der Waals surface area contributed by atoms with Gasteiger partial charge in [0.15, 0.2) is 4.96 Å². The molecular weight excluding hydrogens is 282 g/mol. The molecule has 110 valence electrons. The molecule has 0 fully saturated rings. The van der Waals surface area contributed by atoms with Gasteiger partial charge in [0.2, 0.25) is 0 Å². The van der Waals surface area contributed by atoms with Crippen molar-refractivity contribution in [2.24, 2.45) is 0 Å². The molecular formula is C16H19N3OS. The average Bonchev–Trinajstić information content (AvgIpc) is 2.99. The average molecular weight is 301 g/mol. The third kappa shape index (κ3) is 2.27. The molecule has 0 radical (unpaired) electrons. The maximum Gasteiger partial charge on any atom is 0.196 e. The van der Waals surface area contributed by atoms with Crippen LogP contribution in [0, 0.1) is 0 Å². The number of fused-ring (bicyclic) bond motifs is 1. The van der Waals surface area contributed by atoms with Crippen LogP contribution in [0.5, 0.6) is 5.75 Å². The summed E-state index contributed by atoms with van der Waals surface area (Å²) in [6.07, 6.45) is 0. The van der Waals surface area contributed by atoms with E-state index in [1.54, 1.807) is 18.4 Å². The normalized spacial score (nSPS) is 12.0. The van der Waals surface area contributed by atoms with E-state index in [0.717, 1.165) is 33.5 Å². The van der Waals surface area contributed by atoms with Gasteiger partial charge in [-0.2, -0.15) is 0 Å². The largest absolute Gasteiger partial charge is 0.497 e. The molecule has 1 aromatic carbocycles. The number of methoxy groups -OCH3 is 1. The van der Waals surface area contributed by atoms with Crippen LogP contribution in [0.2, 0.25) is 0 Å². The Morgan fingerprint density at radius 2 is 1.86 bits per heavy atom. The lowest BCUT2D eigenvalue weighted by Gasteiger charge is -2.16. The van der Waals surface area contributed by atoms with Gasteiger partial charge < -0.3 is 10.5 Å². The van der Waals surface area contributed by atoms with Crippen molar-refractivity contribution < 1.29 is 4.74 Å². The molecule has 21 heavy (non-hydrogen) atoms. The SMILES string of the molecule is COc1ccc(-c2csc3nc(C(C)(C)C)c(N)n23)cc1. The highest BCUT2D eigenvalue weighted by atomic mass is 32.1. The molecule has 0 bridgehead atoms. The number of aromatic nitrogens is 2. The zero-order valence-electron chi connectivity index (χ0n) is 12.7. The molecule has 0 aliphatic rings. The number of hydrogen-bond donors (Lipinski definition) is 1. The van der Waals surface area contributed by atoms with E-state index in [9.17, 15) is 0 Å². The van der Waals surface area contributed by atoms with Crippen LogP contribution in [0.25, 0.3) is 16.2 Å². The van der Waals surface area contributed by atoms with Crippen LogP contribution in [0.1, 0.15) is 26.5 Å². The monoisotopic (exact) mass is 301 g/mol. The Morgan fingerprint density at radius 1 is 1.19 bits per heavy atom. The molecule has 0 saturated heterocycles. The number of benzene rings is 1. The van der Waals surface area contributed by atoms with E-state index in [2.05, 4.69) is 26.2 Å². The van der Waals surface area contributed by atoms with Gasteiger partial charge in [0.05, 0.1) is 18.5 Å². The van der Waals surface area contributed by atoms with Crippen molar-refractivity contribution in [3.8, 4) is 17.0 Å². The van der Waals surface area contributed by atoms with E-state index >= 15 is 0 Å². The molecule has 0 aliphatic heterocycles. The second-order valence-electron chi connectivity index (χ2n) is 6.06.